The molecule has 1 aliphatic rings. The second-order valence-electron chi connectivity index (χ2n) is 4.75. The summed E-state index contributed by atoms with van der Waals surface area (Å²) in [5.41, 5.74) is -0.131. The van der Waals surface area contributed by atoms with E-state index in [0.29, 0.717) is 17.9 Å². The summed E-state index contributed by atoms with van der Waals surface area (Å²) in [6, 6.07) is 6.62. The van der Waals surface area contributed by atoms with Gasteiger partial charge in [-0.3, -0.25) is 4.79 Å². The third-order valence-electron chi connectivity index (χ3n) is 3.68. The summed E-state index contributed by atoms with van der Waals surface area (Å²) >= 11 is 4.08. The first-order valence-corrected chi connectivity index (χ1v) is 6.98. The zero-order valence-corrected chi connectivity index (χ0v) is 11.2. The standard InChI is InChI=1S/C14H18FNOS/c15-12-6-2-1-5-11(12)14(7-3-4-8-14)13(17)16-9-10-18/h1-2,5-6,18H,3-4,7-10H2,(H,16,17). The van der Waals surface area contributed by atoms with Gasteiger partial charge in [0.1, 0.15) is 5.82 Å². The van der Waals surface area contributed by atoms with Crippen LogP contribution >= 0.6 is 12.6 Å². The number of rotatable bonds is 4. The minimum absolute atomic E-state index is 0.0563. The third-order valence-corrected chi connectivity index (χ3v) is 3.90. The molecule has 1 fully saturated rings. The van der Waals surface area contributed by atoms with Gasteiger partial charge in [0.15, 0.2) is 0 Å². The number of halogens is 1. The van der Waals surface area contributed by atoms with Gasteiger partial charge in [0.25, 0.3) is 0 Å². The first kappa shape index (κ1) is 13.4. The van der Waals surface area contributed by atoms with Crippen LogP contribution in [0, 0.1) is 5.82 Å². The van der Waals surface area contributed by atoms with Gasteiger partial charge in [-0.1, -0.05) is 31.0 Å². The highest BCUT2D eigenvalue weighted by Crippen LogP contribution is 2.42. The maximum absolute atomic E-state index is 14.0. The average Bonchev–Trinajstić information content (AvgIpc) is 2.87. The Labute approximate surface area is 112 Å². The Morgan fingerprint density at radius 1 is 1.33 bits per heavy atom. The molecule has 0 aliphatic heterocycles. The lowest BCUT2D eigenvalue weighted by Gasteiger charge is -2.28. The van der Waals surface area contributed by atoms with E-state index in [1.807, 2.05) is 0 Å². The molecular formula is C14H18FNOS. The van der Waals surface area contributed by atoms with Crippen LogP contribution in [0.3, 0.4) is 0 Å². The van der Waals surface area contributed by atoms with Crippen molar-refractivity contribution >= 4 is 18.5 Å². The maximum Gasteiger partial charge on any atom is 0.230 e. The van der Waals surface area contributed by atoms with E-state index in [-0.39, 0.29) is 11.7 Å². The Bertz CT molecular complexity index is 430. The minimum Gasteiger partial charge on any atom is -0.355 e. The van der Waals surface area contributed by atoms with E-state index >= 15 is 0 Å². The van der Waals surface area contributed by atoms with Gasteiger partial charge in [-0.05, 0) is 18.9 Å². The van der Waals surface area contributed by atoms with Gasteiger partial charge in [-0.25, -0.2) is 4.39 Å². The summed E-state index contributed by atoms with van der Waals surface area (Å²) < 4.78 is 14.0. The summed E-state index contributed by atoms with van der Waals surface area (Å²) in [6.07, 6.45) is 3.41. The third kappa shape index (κ3) is 2.39. The highest BCUT2D eigenvalue weighted by Gasteiger charge is 2.43. The van der Waals surface area contributed by atoms with Crippen molar-refractivity contribution in [2.45, 2.75) is 31.1 Å². The lowest BCUT2D eigenvalue weighted by atomic mass is 9.77. The fourth-order valence-electron chi connectivity index (χ4n) is 2.79. The fraction of sp³-hybridized carbons (Fsp3) is 0.500. The van der Waals surface area contributed by atoms with Crippen molar-refractivity contribution in [3.05, 3.63) is 35.6 Å². The van der Waals surface area contributed by atoms with E-state index in [9.17, 15) is 9.18 Å². The first-order valence-electron chi connectivity index (χ1n) is 6.35. The molecule has 1 N–H and O–H groups in total. The first-order chi connectivity index (χ1) is 8.70. The van der Waals surface area contributed by atoms with Crippen LogP contribution in [0.4, 0.5) is 4.39 Å². The molecule has 2 nitrogen and oxygen atoms in total. The van der Waals surface area contributed by atoms with Crippen LogP contribution in [-0.4, -0.2) is 18.2 Å². The molecule has 1 saturated carbocycles. The van der Waals surface area contributed by atoms with Crippen molar-refractivity contribution < 1.29 is 9.18 Å². The molecule has 1 aromatic rings. The average molecular weight is 267 g/mol. The molecule has 0 atom stereocenters. The van der Waals surface area contributed by atoms with E-state index in [1.54, 1.807) is 18.2 Å². The molecule has 0 bridgehead atoms. The minimum atomic E-state index is -0.672. The van der Waals surface area contributed by atoms with Crippen molar-refractivity contribution in [1.29, 1.82) is 0 Å². The molecule has 0 heterocycles. The number of benzene rings is 1. The summed E-state index contributed by atoms with van der Waals surface area (Å²) in [7, 11) is 0. The number of hydrogen-bond acceptors (Lipinski definition) is 2. The van der Waals surface area contributed by atoms with Gasteiger partial charge in [0.2, 0.25) is 5.91 Å². The number of nitrogens with one attached hydrogen (secondary N) is 1. The fourth-order valence-corrected chi connectivity index (χ4v) is 2.90. The Morgan fingerprint density at radius 2 is 2.00 bits per heavy atom. The molecule has 0 unspecified atom stereocenters. The van der Waals surface area contributed by atoms with Crippen LogP contribution in [0.1, 0.15) is 31.2 Å². The molecule has 0 aromatic heterocycles. The molecule has 1 amide bonds. The Morgan fingerprint density at radius 3 is 2.61 bits per heavy atom. The predicted octanol–water partition coefficient (Wildman–Crippen LogP) is 2.68. The summed E-state index contributed by atoms with van der Waals surface area (Å²) in [6.45, 7) is 0.526. The molecule has 0 radical (unpaired) electrons. The number of thiol groups is 1. The van der Waals surface area contributed by atoms with E-state index < -0.39 is 5.41 Å². The largest absolute Gasteiger partial charge is 0.355 e. The van der Waals surface area contributed by atoms with E-state index in [4.69, 9.17) is 0 Å². The SMILES string of the molecule is O=C(NCCS)C1(c2ccccc2F)CCCC1. The van der Waals surface area contributed by atoms with Crippen molar-refractivity contribution in [3.63, 3.8) is 0 Å². The lowest BCUT2D eigenvalue weighted by Crippen LogP contribution is -2.43. The van der Waals surface area contributed by atoms with Gasteiger partial charge in [-0.15, -0.1) is 0 Å². The van der Waals surface area contributed by atoms with Crippen LogP contribution in [0.2, 0.25) is 0 Å². The van der Waals surface area contributed by atoms with Crippen LogP contribution in [-0.2, 0) is 10.2 Å². The molecule has 4 heteroatoms. The van der Waals surface area contributed by atoms with Crippen molar-refractivity contribution in [2.75, 3.05) is 12.3 Å². The monoisotopic (exact) mass is 267 g/mol. The van der Waals surface area contributed by atoms with Crippen LogP contribution in [0.15, 0.2) is 24.3 Å². The molecule has 1 aromatic carbocycles. The number of carbonyl (C=O) groups is 1. The van der Waals surface area contributed by atoms with Gasteiger partial charge < -0.3 is 5.32 Å². The normalized spacial score (nSPS) is 17.7. The van der Waals surface area contributed by atoms with Crippen LogP contribution in [0.5, 0.6) is 0 Å². The van der Waals surface area contributed by atoms with Crippen LogP contribution in [0.25, 0.3) is 0 Å². The van der Waals surface area contributed by atoms with Gasteiger partial charge in [0.05, 0.1) is 5.41 Å². The summed E-state index contributed by atoms with van der Waals surface area (Å²) in [5, 5.41) is 2.86. The highest BCUT2D eigenvalue weighted by atomic mass is 32.1. The smallest absolute Gasteiger partial charge is 0.230 e. The second-order valence-corrected chi connectivity index (χ2v) is 5.20. The van der Waals surface area contributed by atoms with Crippen LogP contribution < -0.4 is 5.32 Å². The van der Waals surface area contributed by atoms with E-state index in [2.05, 4.69) is 17.9 Å². The maximum atomic E-state index is 14.0. The molecule has 98 valence electrons. The van der Waals surface area contributed by atoms with Gasteiger partial charge in [-0.2, -0.15) is 12.6 Å². The van der Waals surface area contributed by atoms with Gasteiger partial charge >= 0.3 is 0 Å². The lowest BCUT2D eigenvalue weighted by molar-refractivity contribution is -0.126. The zero-order valence-electron chi connectivity index (χ0n) is 10.3. The Balaban J connectivity index is 2.33. The van der Waals surface area contributed by atoms with Gasteiger partial charge in [0, 0.05) is 17.9 Å². The Kier molecular flexibility index (Phi) is 4.27. The van der Waals surface area contributed by atoms with Crippen molar-refractivity contribution in [2.24, 2.45) is 0 Å². The van der Waals surface area contributed by atoms with Crippen molar-refractivity contribution in [1.82, 2.24) is 5.32 Å². The summed E-state index contributed by atoms with van der Waals surface area (Å²) in [5.74, 6) is 0.263. The molecule has 18 heavy (non-hydrogen) atoms. The number of hydrogen-bond donors (Lipinski definition) is 2. The second kappa shape index (κ2) is 5.74. The number of carbonyl (C=O) groups excluding carboxylic acids is 1. The quantitative estimate of drug-likeness (QED) is 0.807. The molecule has 2 rings (SSSR count). The topological polar surface area (TPSA) is 29.1 Å². The van der Waals surface area contributed by atoms with Crippen molar-refractivity contribution in [3.8, 4) is 0 Å². The Hall–Kier alpha value is -1.03. The zero-order chi connectivity index (χ0) is 13.0. The molecule has 1 aliphatic carbocycles. The van der Waals surface area contributed by atoms with E-state index in [1.165, 1.54) is 6.07 Å². The predicted molar refractivity (Wildman–Crippen MR) is 73.4 cm³/mol. The summed E-state index contributed by atoms with van der Waals surface area (Å²) in [4.78, 5) is 12.4. The van der Waals surface area contributed by atoms with E-state index in [0.717, 1.165) is 25.7 Å². The highest BCUT2D eigenvalue weighted by molar-refractivity contribution is 7.80. The number of amides is 1. The molecule has 0 spiro atoms. The molecule has 0 saturated heterocycles. The molecular weight excluding hydrogens is 249 g/mol.